The van der Waals surface area contributed by atoms with Gasteiger partial charge in [0, 0.05) is 6.04 Å². The Hall–Kier alpha value is -0.990. The Bertz CT molecular complexity index is 365. The number of aromatic hydroxyl groups is 1. The molecular weight excluding hydrogens is 222 g/mol. The Labute approximate surface area is 104 Å². The topological polar surface area (TPSA) is 46.2 Å². The van der Waals surface area contributed by atoms with Crippen LogP contribution in [0.2, 0.25) is 0 Å². The van der Waals surface area contributed by atoms with Gasteiger partial charge in [0.2, 0.25) is 0 Å². The van der Waals surface area contributed by atoms with E-state index >= 15 is 0 Å². The predicted octanol–water partition coefficient (Wildman–Crippen LogP) is 3.40. The highest BCUT2D eigenvalue weighted by molar-refractivity contribution is 5.85. The quantitative estimate of drug-likeness (QED) is 0.797. The summed E-state index contributed by atoms with van der Waals surface area (Å²) >= 11 is 0. The summed E-state index contributed by atoms with van der Waals surface area (Å²) in [7, 11) is 0. The molecule has 3 heteroatoms. The maximum Gasteiger partial charge on any atom is 0.121 e. The SMILES string of the molecule is C=C(C)C[C@@H](N)c1cc(C)c(O)c(C)c1.Cl. The van der Waals surface area contributed by atoms with Gasteiger partial charge >= 0.3 is 0 Å². The maximum absolute atomic E-state index is 9.64. The van der Waals surface area contributed by atoms with Crippen molar-refractivity contribution in [2.24, 2.45) is 5.73 Å². The summed E-state index contributed by atoms with van der Waals surface area (Å²) in [5.41, 5.74) is 9.93. The van der Waals surface area contributed by atoms with E-state index in [1.807, 2.05) is 32.9 Å². The minimum Gasteiger partial charge on any atom is -0.507 e. The van der Waals surface area contributed by atoms with Crippen LogP contribution in [0.15, 0.2) is 24.3 Å². The Kier molecular flexibility index (Phi) is 5.56. The van der Waals surface area contributed by atoms with Crippen LogP contribution in [0.4, 0.5) is 0 Å². The molecule has 90 valence electrons. The standard InChI is InChI=1S/C13H19NO.ClH/c1-8(2)5-12(14)11-6-9(3)13(15)10(4)7-11;/h6-7,12,15H,1,5,14H2,2-4H3;1H/t12-;/m1./s1. The molecule has 0 spiro atoms. The molecule has 2 nitrogen and oxygen atoms in total. The Morgan fingerprint density at radius 2 is 1.81 bits per heavy atom. The van der Waals surface area contributed by atoms with E-state index < -0.39 is 0 Å². The molecule has 0 fully saturated rings. The van der Waals surface area contributed by atoms with Gasteiger partial charge in [0.1, 0.15) is 5.75 Å². The molecule has 0 aromatic heterocycles. The summed E-state index contributed by atoms with van der Waals surface area (Å²) in [6, 6.07) is 3.85. The van der Waals surface area contributed by atoms with Crippen LogP contribution in [-0.2, 0) is 0 Å². The highest BCUT2D eigenvalue weighted by atomic mass is 35.5. The van der Waals surface area contributed by atoms with Gasteiger partial charge in [0.15, 0.2) is 0 Å². The van der Waals surface area contributed by atoms with Gasteiger partial charge in [-0.1, -0.05) is 17.7 Å². The molecule has 1 aromatic carbocycles. The first kappa shape index (κ1) is 15.0. The Morgan fingerprint density at radius 3 is 2.19 bits per heavy atom. The van der Waals surface area contributed by atoms with Crippen molar-refractivity contribution in [1.82, 2.24) is 0 Å². The van der Waals surface area contributed by atoms with E-state index in [9.17, 15) is 5.11 Å². The number of nitrogens with two attached hydrogens (primary N) is 1. The molecule has 0 aliphatic carbocycles. The van der Waals surface area contributed by atoms with Crippen molar-refractivity contribution in [1.29, 1.82) is 0 Å². The molecular formula is C13H20ClNO. The van der Waals surface area contributed by atoms with Crippen molar-refractivity contribution in [3.05, 3.63) is 41.0 Å². The zero-order valence-electron chi connectivity index (χ0n) is 10.1. The largest absolute Gasteiger partial charge is 0.507 e. The number of halogens is 1. The van der Waals surface area contributed by atoms with Crippen molar-refractivity contribution >= 4 is 12.4 Å². The van der Waals surface area contributed by atoms with Gasteiger partial charge in [-0.2, -0.15) is 0 Å². The minimum atomic E-state index is -0.0273. The molecule has 1 atom stereocenters. The van der Waals surface area contributed by atoms with Crippen LogP contribution in [0.1, 0.15) is 36.1 Å². The van der Waals surface area contributed by atoms with E-state index in [0.29, 0.717) is 5.75 Å². The molecule has 1 aromatic rings. The molecule has 0 heterocycles. The van der Waals surface area contributed by atoms with E-state index in [4.69, 9.17) is 5.73 Å². The molecule has 0 bridgehead atoms. The van der Waals surface area contributed by atoms with Gasteiger partial charge in [-0.25, -0.2) is 0 Å². The van der Waals surface area contributed by atoms with Crippen molar-refractivity contribution < 1.29 is 5.11 Å². The van der Waals surface area contributed by atoms with E-state index in [-0.39, 0.29) is 18.4 Å². The Balaban J connectivity index is 0.00000225. The number of phenolic OH excluding ortho intramolecular Hbond substituents is 1. The van der Waals surface area contributed by atoms with Gasteiger partial charge in [-0.15, -0.1) is 19.0 Å². The maximum atomic E-state index is 9.64. The van der Waals surface area contributed by atoms with Crippen LogP contribution < -0.4 is 5.73 Å². The Morgan fingerprint density at radius 1 is 1.38 bits per heavy atom. The van der Waals surface area contributed by atoms with Crippen molar-refractivity contribution in [3.63, 3.8) is 0 Å². The van der Waals surface area contributed by atoms with Gasteiger partial charge in [-0.3, -0.25) is 0 Å². The van der Waals surface area contributed by atoms with E-state index in [2.05, 4.69) is 6.58 Å². The molecule has 0 aliphatic heterocycles. The highest BCUT2D eigenvalue weighted by Gasteiger charge is 2.09. The zero-order valence-corrected chi connectivity index (χ0v) is 10.9. The highest BCUT2D eigenvalue weighted by Crippen LogP contribution is 2.27. The summed E-state index contributed by atoms with van der Waals surface area (Å²) in [6.07, 6.45) is 0.781. The third-order valence-corrected chi connectivity index (χ3v) is 2.51. The van der Waals surface area contributed by atoms with E-state index in [0.717, 1.165) is 28.7 Å². The van der Waals surface area contributed by atoms with E-state index in [1.54, 1.807) is 0 Å². The second-order valence-corrected chi connectivity index (χ2v) is 4.27. The molecule has 1 rings (SSSR count). The first-order chi connectivity index (χ1) is 6.91. The van der Waals surface area contributed by atoms with Crippen molar-refractivity contribution in [2.75, 3.05) is 0 Å². The smallest absolute Gasteiger partial charge is 0.121 e. The second kappa shape index (κ2) is 5.92. The van der Waals surface area contributed by atoms with Crippen LogP contribution >= 0.6 is 12.4 Å². The third kappa shape index (κ3) is 3.54. The summed E-state index contributed by atoms with van der Waals surface area (Å²) < 4.78 is 0. The molecule has 16 heavy (non-hydrogen) atoms. The number of hydrogen-bond acceptors (Lipinski definition) is 2. The lowest BCUT2D eigenvalue weighted by atomic mass is 9.97. The van der Waals surface area contributed by atoms with Gasteiger partial charge in [-0.05, 0) is 43.9 Å². The molecule has 0 amide bonds. The third-order valence-electron chi connectivity index (χ3n) is 2.51. The molecule has 0 radical (unpaired) electrons. The minimum absolute atomic E-state index is 0. The lowest BCUT2D eigenvalue weighted by molar-refractivity contribution is 0.466. The summed E-state index contributed by atoms with van der Waals surface area (Å²) in [6.45, 7) is 9.60. The van der Waals surface area contributed by atoms with Crippen molar-refractivity contribution in [3.8, 4) is 5.75 Å². The molecule has 0 saturated heterocycles. The fraction of sp³-hybridized carbons (Fsp3) is 0.385. The zero-order chi connectivity index (χ0) is 11.6. The summed E-state index contributed by atoms with van der Waals surface area (Å²) in [5.74, 6) is 0.362. The van der Waals surface area contributed by atoms with Crippen molar-refractivity contribution in [2.45, 2.75) is 33.2 Å². The van der Waals surface area contributed by atoms with Crippen LogP contribution in [0.25, 0.3) is 0 Å². The van der Waals surface area contributed by atoms with Gasteiger partial charge < -0.3 is 10.8 Å². The summed E-state index contributed by atoms with van der Waals surface area (Å²) in [5, 5.41) is 9.64. The second-order valence-electron chi connectivity index (χ2n) is 4.27. The van der Waals surface area contributed by atoms with E-state index in [1.165, 1.54) is 0 Å². The molecule has 0 saturated carbocycles. The van der Waals surface area contributed by atoms with Crippen LogP contribution in [-0.4, -0.2) is 5.11 Å². The predicted molar refractivity (Wildman–Crippen MR) is 71.2 cm³/mol. The molecule has 3 N–H and O–H groups in total. The van der Waals surface area contributed by atoms with Crippen LogP contribution in [0, 0.1) is 13.8 Å². The molecule has 0 unspecified atom stereocenters. The lowest BCUT2D eigenvalue weighted by Crippen LogP contribution is -2.10. The number of aryl methyl sites for hydroxylation is 2. The number of hydrogen-bond donors (Lipinski definition) is 2. The average molecular weight is 242 g/mol. The first-order valence-corrected chi connectivity index (χ1v) is 5.12. The fourth-order valence-corrected chi connectivity index (χ4v) is 1.70. The summed E-state index contributed by atoms with van der Waals surface area (Å²) in [4.78, 5) is 0. The number of benzene rings is 1. The molecule has 0 aliphatic rings. The lowest BCUT2D eigenvalue weighted by Gasteiger charge is -2.14. The first-order valence-electron chi connectivity index (χ1n) is 5.12. The van der Waals surface area contributed by atoms with Crippen LogP contribution in [0.5, 0.6) is 5.75 Å². The fourth-order valence-electron chi connectivity index (χ4n) is 1.70. The van der Waals surface area contributed by atoms with Crippen LogP contribution in [0.3, 0.4) is 0 Å². The van der Waals surface area contributed by atoms with Gasteiger partial charge in [0.05, 0.1) is 0 Å². The average Bonchev–Trinajstić information content (AvgIpc) is 2.12. The monoisotopic (exact) mass is 241 g/mol. The number of phenols is 1. The normalized spacial score (nSPS) is 11.8. The van der Waals surface area contributed by atoms with Gasteiger partial charge in [0.25, 0.3) is 0 Å². The number of rotatable bonds is 3.